The van der Waals surface area contributed by atoms with Gasteiger partial charge >= 0.3 is 0 Å². The van der Waals surface area contributed by atoms with E-state index in [0.717, 1.165) is 5.56 Å². The Morgan fingerprint density at radius 3 is 2.11 bits per heavy atom. The summed E-state index contributed by atoms with van der Waals surface area (Å²) in [6.07, 6.45) is 0. The van der Waals surface area contributed by atoms with Crippen molar-refractivity contribution in [3.63, 3.8) is 0 Å². The van der Waals surface area contributed by atoms with Crippen LogP contribution in [0.5, 0.6) is 0 Å². The molecular formula is C14H24N2O2S. The van der Waals surface area contributed by atoms with Crippen LogP contribution in [0.1, 0.15) is 31.9 Å². The molecule has 1 aromatic rings. The van der Waals surface area contributed by atoms with Crippen molar-refractivity contribution in [1.29, 1.82) is 0 Å². The van der Waals surface area contributed by atoms with Crippen molar-refractivity contribution in [3.05, 3.63) is 23.3 Å². The van der Waals surface area contributed by atoms with Crippen molar-refractivity contribution in [1.82, 2.24) is 4.31 Å². The van der Waals surface area contributed by atoms with Crippen molar-refractivity contribution in [2.45, 2.75) is 39.5 Å². The molecule has 1 aromatic carbocycles. The second kappa shape index (κ2) is 5.13. The smallest absolute Gasteiger partial charge is 0.245 e. The zero-order chi connectivity index (χ0) is 15.0. The lowest BCUT2D eigenvalue weighted by molar-refractivity contribution is 0.311. The first-order valence-corrected chi connectivity index (χ1v) is 7.73. The molecule has 1 rings (SSSR count). The van der Waals surface area contributed by atoms with Crippen LogP contribution in [0.15, 0.2) is 17.0 Å². The molecule has 0 aromatic heterocycles. The molecule has 0 unspecified atom stereocenters. The number of benzene rings is 1. The van der Waals surface area contributed by atoms with Crippen LogP contribution in [-0.2, 0) is 10.0 Å². The number of hydrogen-bond donors (Lipinski definition) is 1. The van der Waals surface area contributed by atoms with Gasteiger partial charge in [-0.2, -0.15) is 0 Å². The maximum absolute atomic E-state index is 12.6. The number of anilines is 1. The van der Waals surface area contributed by atoms with Crippen LogP contribution in [0.4, 0.5) is 5.69 Å². The fourth-order valence-electron chi connectivity index (χ4n) is 2.06. The second-order valence-electron chi connectivity index (χ2n) is 6.26. The van der Waals surface area contributed by atoms with E-state index in [1.54, 1.807) is 20.0 Å². The van der Waals surface area contributed by atoms with Crippen molar-refractivity contribution in [2.75, 3.05) is 19.3 Å². The number of sulfonamides is 1. The van der Waals surface area contributed by atoms with Crippen molar-refractivity contribution in [2.24, 2.45) is 5.41 Å². The molecule has 0 aliphatic carbocycles. The first-order chi connectivity index (χ1) is 8.47. The normalized spacial score (nSPS) is 13.0. The van der Waals surface area contributed by atoms with E-state index in [2.05, 4.69) is 0 Å². The summed E-state index contributed by atoms with van der Waals surface area (Å²) in [7, 11) is -1.95. The van der Waals surface area contributed by atoms with Gasteiger partial charge in [-0.15, -0.1) is 0 Å². The van der Waals surface area contributed by atoms with Gasteiger partial charge in [0.2, 0.25) is 10.0 Å². The quantitative estimate of drug-likeness (QED) is 0.868. The summed E-state index contributed by atoms with van der Waals surface area (Å²) < 4.78 is 26.7. The standard InChI is InChI=1S/C14H24N2O2S/c1-10-7-8-11(2)13(12(10)15)19(17,18)16(6)9-14(3,4)5/h7-8H,9,15H2,1-6H3. The molecule has 0 aliphatic rings. The number of hydrogen-bond acceptors (Lipinski definition) is 3. The lowest BCUT2D eigenvalue weighted by Gasteiger charge is -2.27. The number of aryl methyl sites for hydroxylation is 2. The monoisotopic (exact) mass is 284 g/mol. The molecule has 0 fully saturated rings. The first kappa shape index (κ1) is 16.0. The summed E-state index contributed by atoms with van der Waals surface area (Å²) in [5, 5.41) is 0. The Balaban J connectivity index is 3.33. The molecule has 0 bridgehead atoms. The highest BCUT2D eigenvalue weighted by molar-refractivity contribution is 7.89. The summed E-state index contributed by atoms with van der Waals surface area (Å²) in [5.41, 5.74) is 7.68. The molecule has 0 saturated heterocycles. The molecule has 5 heteroatoms. The lowest BCUT2D eigenvalue weighted by Crippen LogP contribution is -2.35. The van der Waals surface area contributed by atoms with Gasteiger partial charge < -0.3 is 5.73 Å². The predicted octanol–water partition coefficient (Wildman–Crippen LogP) is 2.55. The minimum absolute atomic E-state index is 0.103. The summed E-state index contributed by atoms with van der Waals surface area (Å²) in [6, 6.07) is 3.64. The molecule has 0 atom stereocenters. The van der Waals surface area contributed by atoms with Gasteiger partial charge in [-0.3, -0.25) is 0 Å². The molecule has 2 N–H and O–H groups in total. The molecule has 0 spiro atoms. The molecule has 19 heavy (non-hydrogen) atoms. The molecular weight excluding hydrogens is 260 g/mol. The van der Waals surface area contributed by atoms with Gasteiger partial charge in [0.25, 0.3) is 0 Å². The highest BCUT2D eigenvalue weighted by atomic mass is 32.2. The Bertz CT molecular complexity index is 572. The molecule has 4 nitrogen and oxygen atoms in total. The average molecular weight is 284 g/mol. The Kier molecular flexibility index (Phi) is 4.32. The Morgan fingerprint density at radius 2 is 1.63 bits per heavy atom. The average Bonchev–Trinajstić information content (AvgIpc) is 2.21. The minimum Gasteiger partial charge on any atom is -0.397 e. The van der Waals surface area contributed by atoms with Gasteiger partial charge in [0, 0.05) is 13.6 Å². The number of nitrogen functional groups attached to an aromatic ring is 1. The summed E-state index contributed by atoms with van der Waals surface area (Å²) in [5.74, 6) is 0. The number of nitrogens with two attached hydrogens (primary N) is 1. The highest BCUT2D eigenvalue weighted by Crippen LogP contribution is 2.29. The maximum Gasteiger partial charge on any atom is 0.245 e. The van der Waals surface area contributed by atoms with E-state index in [1.165, 1.54) is 4.31 Å². The summed E-state index contributed by atoms with van der Waals surface area (Å²) >= 11 is 0. The van der Waals surface area contributed by atoms with E-state index in [-0.39, 0.29) is 10.3 Å². The zero-order valence-corrected chi connectivity index (χ0v) is 13.4. The summed E-state index contributed by atoms with van der Waals surface area (Å²) in [6.45, 7) is 10.1. The van der Waals surface area contributed by atoms with Gasteiger partial charge in [-0.1, -0.05) is 32.9 Å². The van der Waals surface area contributed by atoms with Gasteiger partial charge in [0.05, 0.1) is 5.69 Å². The zero-order valence-electron chi connectivity index (χ0n) is 12.6. The SMILES string of the molecule is Cc1ccc(C)c(S(=O)(=O)N(C)CC(C)(C)C)c1N. The van der Waals surface area contributed by atoms with Gasteiger partial charge in [0.1, 0.15) is 4.90 Å². The third-order valence-electron chi connectivity index (χ3n) is 2.98. The van der Waals surface area contributed by atoms with Crippen LogP contribution in [0, 0.1) is 19.3 Å². The van der Waals surface area contributed by atoms with Crippen LogP contribution >= 0.6 is 0 Å². The maximum atomic E-state index is 12.6. The highest BCUT2D eigenvalue weighted by Gasteiger charge is 2.28. The predicted molar refractivity (Wildman–Crippen MR) is 79.6 cm³/mol. The molecule has 108 valence electrons. The van der Waals surface area contributed by atoms with Gasteiger partial charge in [-0.25, -0.2) is 12.7 Å². The topological polar surface area (TPSA) is 63.4 Å². The largest absolute Gasteiger partial charge is 0.397 e. The third kappa shape index (κ3) is 3.48. The van der Waals surface area contributed by atoms with Gasteiger partial charge in [-0.05, 0) is 30.4 Å². The molecule has 0 saturated carbocycles. The van der Waals surface area contributed by atoms with Crippen molar-refractivity contribution < 1.29 is 8.42 Å². The van der Waals surface area contributed by atoms with Gasteiger partial charge in [0.15, 0.2) is 0 Å². The van der Waals surface area contributed by atoms with Crippen LogP contribution in [-0.4, -0.2) is 26.3 Å². The fraction of sp³-hybridized carbons (Fsp3) is 0.571. The Hall–Kier alpha value is -1.07. The van der Waals surface area contributed by atoms with E-state index in [9.17, 15) is 8.42 Å². The lowest BCUT2D eigenvalue weighted by atomic mass is 9.97. The number of nitrogens with zero attached hydrogens (tertiary/aromatic N) is 1. The summed E-state index contributed by atoms with van der Waals surface area (Å²) in [4.78, 5) is 0.235. The third-order valence-corrected chi connectivity index (χ3v) is 4.98. The second-order valence-corrected chi connectivity index (χ2v) is 8.25. The minimum atomic E-state index is -3.55. The van der Waals surface area contributed by atoms with Crippen LogP contribution in [0.3, 0.4) is 0 Å². The fourth-order valence-corrected chi connectivity index (χ4v) is 3.84. The number of rotatable bonds is 3. The Morgan fingerprint density at radius 1 is 1.16 bits per heavy atom. The Labute approximate surface area is 116 Å². The van der Waals surface area contributed by atoms with Crippen LogP contribution in [0.2, 0.25) is 0 Å². The van der Waals surface area contributed by atoms with Crippen molar-refractivity contribution >= 4 is 15.7 Å². The van der Waals surface area contributed by atoms with E-state index < -0.39 is 10.0 Å². The van der Waals surface area contributed by atoms with Crippen LogP contribution < -0.4 is 5.73 Å². The van der Waals surface area contributed by atoms with E-state index in [1.807, 2.05) is 33.8 Å². The first-order valence-electron chi connectivity index (χ1n) is 6.29. The van der Waals surface area contributed by atoms with E-state index in [4.69, 9.17) is 5.73 Å². The van der Waals surface area contributed by atoms with Crippen molar-refractivity contribution in [3.8, 4) is 0 Å². The molecule has 0 radical (unpaired) electrons. The molecule has 0 aliphatic heterocycles. The van der Waals surface area contributed by atoms with E-state index in [0.29, 0.717) is 17.8 Å². The van der Waals surface area contributed by atoms with E-state index >= 15 is 0 Å². The molecule has 0 heterocycles. The molecule has 0 amide bonds. The van der Waals surface area contributed by atoms with Crippen LogP contribution in [0.25, 0.3) is 0 Å².